The topological polar surface area (TPSA) is 37.4 Å². The summed E-state index contributed by atoms with van der Waals surface area (Å²) < 4.78 is 28.2. The van der Waals surface area contributed by atoms with Crippen LogP contribution < -0.4 is 0 Å². The Bertz CT molecular complexity index is 556. The van der Waals surface area contributed by atoms with Crippen molar-refractivity contribution < 1.29 is 8.42 Å². The zero-order chi connectivity index (χ0) is 15.5. The lowest BCUT2D eigenvalue weighted by Gasteiger charge is -2.16. The SMILES string of the molecule is CCCC[C@@H]1CN(S(=O)(=O)c2ccc(C)cc2)C[C@@H]1CI. The van der Waals surface area contributed by atoms with Gasteiger partial charge in [-0.15, -0.1) is 0 Å². The predicted molar refractivity (Wildman–Crippen MR) is 95.3 cm³/mol. The normalized spacial score (nSPS) is 23.6. The molecule has 1 aliphatic heterocycles. The first kappa shape index (κ1) is 17.2. The second-order valence-electron chi connectivity index (χ2n) is 5.95. The maximum atomic E-state index is 12.8. The van der Waals surface area contributed by atoms with Gasteiger partial charge in [-0.3, -0.25) is 0 Å². The van der Waals surface area contributed by atoms with Crippen LogP contribution in [0.5, 0.6) is 0 Å². The van der Waals surface area contributed by atoms with Gasteiger partial charge in [0.25, 0.3) is 0 Å². The number of hydrogen-bond donors (Lipinski definition) is 0. The van der Waals surface area contributed by atoms with Crippen LogP contribution in [-0.2, 0) is 10.0 Å². The van der Waals surface area contributed by atoms with Gasteiger partial charge in [0.2, 0.25) is 10.0 Å². The number of unbranched alkanes of at least 4 members (excludes halogenated alkanes) is 1. The third-order valence-electron chi connectivity index (χ3n) is 4.33. The molecule has 1 fully saturated rings. The van der Waals surface area contributed by atoms with Crippen molar-refractivity contribution in [3.63, 3.8) is 0 Å². The molecule has 0 aliphatic carbocycles. The monoisotopic (exact) mass is 421 g/mol. The molecule has 0 spiro atoms. The molecule has 0 bridgehead atoms. The molecule has 0 amide bonds. The third kappa shape index (κ3) is 3.99. The highest BCUT2D eigenvalue weighted by Gasteiger charge is 2.38. The van der Waals surface area contributed by atoms with Gasteiger partial charge in [-0.1, -0.05) is 60.1 Å². The first-order valence-electron chi connectivity index (χ1n) is 7.61. The Morgan fingerprint density at radius 2 is 1.81 bits per heavy atom. The molecule has 21 heavy (non-hydrogen) atoms. The molecule has 1 aromatic rings. The lowest BCUT2D eigenvalue weighted by molar-refractivity contribution is 0.411. The maximum absolute atomic E-state index is 12.8. The van der Waals surface area contributed by atoms with Gasteiger partial charge in [0.1, 0.15) is 0 Å². The third-order valence-corrected chi connectivity index (χ3v) is 7.31. The molecule has 1 saturated heterocycles. The maximum Gasteiger partial charge on any atom is 0.243 e. The molecule has 0 radical (unpaired) electrons. The van der Waals surface area contributed by atoms with E-state index in [1.165, 1.54) is 12.8 Å². The molecule has 0 aromatic heterocycles. The number of halogens is 1. The average molecular weight is 421 g/mol. The van der Waals surface area contributed by atoms with E-state index < -0.39 is 10.0 Å². The van der Waals surface area contributed by atoms with Gasteiger partial charge in [0.15, 0.2) is 0 Å². The first-order valence-corrected chi connectivity index (χ1v) is 10.6. The van der Waals surface area contributed by atoms with E-state index >= 15 is 0 Å². The Balaban J connectivity index is 2.16. The summed E-state index contributed by atoms with van der Waals surface area (Å²) in [5, 5.41) is 0. The average Bonchev–Trinajstić information content (AvgIpc) is 2.89. The molecule has 1 aromatic carbocycles. The fraction of sp³-hybridized carbons (Fsp3) is 0.625. The van der Waals surface area contributed by atoms with E-state index in [2.05, 4.69) is 29.5 Å². The summed E-state index contributed by atoms with van der Waals surface area (Å²) in [7, 11) is -3.33. The molecule has 0 saturated carbocycles. The molecule has 0 N–H and O–H groups in total. The van der Waals surface area contributed by atoms with Crippen molar-refractivity contribution in [3.05, 3.63) is 29.8 Å². The number of alkyl halides is 1. The highest BCUT2D eigenvalue weighted by atomic mass is 127. The van der Waals surface area contributed by atoms with Crippen LogP contribution in [0.1, 0.15) is 31.7 Å². The zero-order valence-electron chi connectivity index (χ0n) is 12.8. The molecule has 118 valence electrons. The van der Waals surface area contributed by atoms with Gasteiger partial charge < -0.3 is 0 Å². The van der Waals surface area contributed by atoms with Crippen LogP contribution >= 0.6 is 22.6 Å². The largest absolute Gasteiger partial charge is 0.243 e. The van der Waals surface area contributed by atoms with Crippen molar-refractivity contribution >= 4 is 32.6 Å². The summed E-state index contributed by atoms with van der Waals surface area (Å²) in [6.07, 6.45) is 3.51. The molecular weight excluding hydrogens is 397 g/mol. The van der Waals surface area contributed by atoms with E-state index in [1.807, 2.05) is 19.1 Å². The van der Waals surface area contributed by atoms with Crippen molar-refractivity contribution in [2.75, 3.05) is 17.5 Å². The number of hydrogen-bond acceptors (Lipinski definition) is 2. The lowest BCUT2D eigenvalue weighted by atomic mass is 9.93. The minimum atomic E-state index is -3.33. The molecule has 1 heterocycles. The van der Waals surface area contributed by atoms with Gasteiger partial charge in [-0.05, 0) is 37.3 Å². The van der Waals surface area contributed by atoms with E-state index in [0.717, 1.165) is 16.4 Å². The number of rotatable bonds is 6. The van der Waals surface area contributed by atoms with Crippen LogP contribution in [0.15, 0.2) is 29.2 Å². The van der Waals surface area contributed by atoms with E-state index in [1.54, 1.807) is 16.4 Å². The number of sulfonamides is 1. The summed E-state index contributed by atoms with van der Waals surface area (Å²) in [6, 6.07) is 7.19. The number of aryl methyl sites for hydroxylation is 1. The Hall–Kier alpha value is -0.140. The first-order chi connectivity index (χ1) is 9.98. The van der Waals surface area contributed by atoms with Crippen molar-refractivity contribution in [1.82, 2.24) is 4.31 Å². The summed E-state index contributed by atoms with van der Waals surface area (Å²) in [4.78, 5) is 0.427. The smallest absolute Gasteiger partial charge is 0.207 e. The van der Waals surface area contributed by atoms with Crippen LogP contribution in [0.3, 0.4) is 0 Å². The molecule has 2 atom stereocenters. The Kier molecular flexibility index (Phi) is 6.08. The van der Waals surface area contributed by atoms with Gasteiger partial charge >= 0.3 is 0 Å². The lowest BCUT2D eigenvalue weighted by Crippen LogP contribution is -2.29. The van der Waals surface area contributed by atoms with E-state index in [-0.39, 0.29) is 0 Å². The Morgan fingerprint density at radius 1 is 1.19 bits per heavy atom. The molecule has 2 rings (SSSR count). The van der Waals surface area contributed by atoms with Gasteiger partial charge in [0.05, 0.1) is 4.90 Å². The van der Waals surface area contributed by atoms with Crippen molar-refractivity contribution in [3.8, 4) is 0 Å². The van der Waals surface area contributed by atoms with Crippen LogP contribution in [0.4, 0.5) is 0 Å². The number of nitrogens with zero attached hydrogens (tertiary/aromatic N) is 1. The summed E-state index contributed by atoms with van der Waals surface area (Å²) in [5.74, 6) is 1.01. The summed E-state index contributed by atoms with van der Waals surface area (Å²) >= 11 is 2.39. The molecule has 0 unspecified atom stereocenters. The minimum absolute atomic E-state index is 0.427. The molecule has 1 aliphatic rings. The Labute approximate surface area is 142 Å². The van der Waals surface area contributed by atoms with Gasteiger partial charge in [-0.25, -0.2) is 8.42 Å². The minimum Gasteiger partial charge on any atom is -0.207 e. The fourth-order valence-corrected chi connectivity index (χ4v) is 5.47. The van der Waals surface area contributed by atoms with Crippen molar-refractivity contribution in [2.24, 2.45) is 11.8 Å². The Morgan fingerprint density at radius 3 is 2.38 bits per heavy atom. The zero-order valence-corrected chi connectivity index (χ0v) is 15.7. The van der Waals surface area contributed by atoms with Gasteiger partial charge in [0, 0.05) is 17.5 Å². The fourth-order valence-electron chi connectivity index (χ4n) is 2.92. The van der Waals surface area contributed by atoms with Crippen LogP contribution in [0.2, 0.25) is 0 Å². The van der Waals surface area contributed by atoms with Crippen LogP contribution in [0.25, 0.3) is 0 Å². The number of benzene rings is 1. The molecule has 5 heteroatoms. The second kappa shape index (κ2) is 7.42. The van der Waals surface area contributed by atoms with E-state index in [0.29, 0.717) is 29.8 Å². The highest BCUT2D eigenvalue weighted by Crippen LogP contribution is 2.33. The van der Waals surface area contributed by atoms with E-state index in [4.69, 9.17) is 0 Å². The van der Waals surface area contributed by atoms with Gasteiger partial charge in [-0.2, -0.15) is 4.31 Å². The predicted octanol–water partition coefficient (Wildman–Crippen LogP) is 3.86. The van der Waals surface area contributed by atoms with Crippen LogP contribution in [-0.4, -0.2) is 30.2 Å². The summed E-state index contributed by atoms with van der Waals surface area (Å²) in [6.45, 7) is 5.52. The second-order valence-corrected chi connectivity index (χ2v) is 8.77. The van der Waals surface area contributed by atoms with E-state index in [9.17, 15) is 8.42 Å². The molecular formula is C16H24INO2S. The summed E-state index contributed by atoms with van der Waals surface area (Å²) in [5.41, 5.74) is 1.08. The quantitative estimate of drug-likeness (QED) is 0.517. The van der Waals surface area contributed by atoms with Crippen LogP contribution in [0, 0.1) is 18.8 Å². The standard InChI is InChI=1S/C16H24INO2S/c1-3-4-5-14-11-18(12-15(14)10-17)21(19,20)16-8-6-13(2)7-9-16/h6-9,14-15H,3-5,10-12H2,1-2H3/t14-,15+/m1/s1. The highest BCUT2D eigenvalue weighted by molar-refractivity contribution is 14.1. The van der Waals surface area contributed by atoms with Crippen molar-refractivity contribution in [1.29, 1.82) is 0 Å². The molecule has 3 nitrogen and oxygen atoms in total. The van der Waals surface area contributed by atoms with Crippen molar-refractivity contribution in [2.45, 2.75) is 38.0 Å².